The molecule has 0 amide bonds. The lowest BCUT2D eigenvalue weighted by Gasteiger charge is -2.23. The number of rotatable bonds is 5. The molecule has 8 heteroatoms. The van der Waals surface area contributed by atoms with Crippen LogP contribution in [-0.4, -0.2) is 39.2 Å². The molecule has 6 nitrogen and oxygen atoms in total. The number of hydrogen-bond acceptors (Lipinski definition) is 5. The van der Waals surface area contributed by atoms with E-state index < -0.39 is 5.97 Å². The Hall–Kier alpha value is -3.00. The Morgan fingerprint density at radius 3 is 2.53 bits per heavy atom. The third-order valence-corrected chi connectivity index (χ3v) is 7.06. The van der Waals surface area contributed by atoms with Gasteiger partial charge in [0.15, 0.2) is 0 Å². The summed E-state index contributed by atoms with van der Waals surface area (Å²) in [6.45, 7) is 2.10. The van der Waals surface area contributed by atoms with Gasteiger partial charge >= 0.3 is 5.97 Å². The van der Waals surface area contributed by atoms with Crippen LogP contribution in [0, 0.1) is 0 Å². The second-order valence-corrected chi connectivity index (χ2v) is 9.59. The molecule has 0 atom stereocenters. The van der Waals surface area contributed by atoms with Crippen molar-refractivity contribution in [3.63, 3.8) is 0 Å². The van der Waals surface area contributed by atoms with Crippen molar-refractivity contribution in [2.75, 3.05) is 13.1 Å². The standard InChI is InChI=1S/C24H21ClN4O2S/c25-23-6-5-22(32-23)21-14-29(28-27-21)20-12-18(11-19(13-20)24(30)31)16-3-1-15(2-4-16)17-7-9-26-10-8-17/h1-6,11-14,17,26H,7-10H2,(H,30,31). The number of halogens is 1. The highest BCUT2D eigenvalue weighted by Crippen LogP contribution is 2.31. The maximum absolute atomic E-state index is 11.8. The predicted octanol–water partition coefficient (Wildman–Crippen LogP) is 5.48. The number of benzene rings is 2. The highest BCUT2D eigenvalue weighted by Gasteiger charge is 2.16. The minimum Gasteiger partial charge on any atom is -0.478 e. The van der Waals surface area contributed by atoms with Crippen molar-refractivity contribution >= 4 is 28.9 Å². The molecule has 1 fully saturated rings. The zero-order valence-electron chi connectivity index (χ0n) is 17.2. The van der Waals surface area contributed by atoms with Gasteiger partial charge in [0.25, 0.3) is 0 Å². The first-order chi connectivity index (χ1) is 15.6. The minimum atomic E-state index is -0.982. The number of hydrogen-bond donors (Lipinski definition) is 2. The van der Waals surface area contributed by atoms with E-state index in [-0.39, 0.29) is 5.56 Å². The highest BCUT2D eigenvalue weighted by molar-refractivity contribution is 7.19. The predicted molar refractivity (Wildman–Crippen MR) is 127 cm³/mol. The fourth-order valence-corrected chi connectivity index (χ4v) is 5.08. The maximum Gasteiger partial charge on any atom is 0.335 e. The SMILES string of the molecule is O=C(O)c1cc(-c2ccc(C3CCNCC3)cc2)cc(-n2cc(-c3ccc(Cl)s3)nn2)c1. The number of piperidine rings is 1. The summed E-state index contributed by atoms with van der Waals surface area (Å²) in [6.07, 6.45) is 4.07. The van der Waals surface area contributed by atoms with Crippen LogP contribution in [0.25, 0.3) is 27.4 Å². The fourth-order valence-electron chi connectivity index (χ4n) is 4.09. The number of carboxylic acids is 1. The second-order valence-electron chi connectivity index (χ2n) is 7.87. The lowest BCUT2D eigenvalue weighted by atomic mass is 9.89. The van der Waals surface area contributed by atoms with Crippen LogP contribution in [-0.2, 0) is 0 Å². The lowest BCUT2D eigenvalue weighted by molar-refractivity contribution is 0.0697. The molecule has 3 heterocycles. The molecule has 4 aromatic rings. The van der Waals surface area contributed by atoms with Crippen LogP contribution in [0.1, 0.15) is 34.7 Å². The van der Waals surface area contributed by atoms with E-state index in [1.165, 1.54) is 16.9 Å². The van der Waals surface area contributed by atoms with E-state index in [9.17, 15) is 9.90 Å². The number of aromatic nitrogens is 3. The molecule has 0 spiro atoms. The van der Waals surface area contributed by atoms with E-state index >= 15 is 0 Å². The molecular weight excluding hydrogens is 444 g/mol. The molecule has 2 N–H and O–H groups in total. The maximum atomic E-state index is 11.8. The van der Waals surface area contributed by atoms with E-state index in [4.69, 9.17) is 11.6 Å². The molecule has 2 aromatic carbocycles. The van der Waals surface area contributed by atoms with Crippen molar-refractivity contribution in [3.8, 4) is 27.4 Å². The Balaban J connectivity index is 1.48. The average molecular weight is 465 g/mol. The Morgan fingerprint density at radius 1 is 1.06 bits per heavy atom. The van der Waals surface area contributed by atoms with E-state index in [1.54, 1.807) is 23.0 Å². The molecule has 32 heavy (non-hydrogen) atoms. The quantitative estimate of drug-likeness (QED) is 0.408. The first-order valence-electron chi connectivity index (χ1n) is 10.4. The lowest BCUT2D eigenvalue weighted by Crippen LogP contribution is -2.26. The molecule has 1 aliphatic heterocycles. The largest absolute Gasteiger partial charge is 0.478 e. The molecule has 0 bridgehead atoms. The van der Waals surface area contributed by atoms with Crippen LogP contribution in [0.3, 0.4) is 0 Å². The summed E-state index contributed by atoms with van der Waals surface area (Å²) in [7, 11) is 0. The summed E-state index contributed by atoms with van der Waals surface area (Å²) < 4.78 is 2.28. The summed E-state index contributed by atoms with van der Waals surface area (Å²) in [5.74, 6) is -0.407. The Morgan fingerprint density at radius 2 is 1.84 bits per heavy atom. The van der Waals surface area contributed by atoms with Gasteiger partial charge in [-0.3, -0.25) is 0 Å². The summed E-state index contributed by atoms with van der Waals surface area (Å²) >= 11 is 7.46. The number of aromatic carboxylic acids is 1. The highest BCUT2D eigenvalue weighted by atomic mass is 35.5. The number of nitrogens with zero attached hydrogens (tertiary/aromatic N) is 3. The first-order valence-corrected chi connectivity index (χ1v) is 11.6. The number of carbonyl (C=O) groups is 1. The summed E-state index contributed by atoms with van der Waals surface area (Å²) in [4.78, 5) is 12.7. The monoisotopic (exact) mass is 464 g/mol. The van der Waals surface area contributed by atoms with Crippen LogP contribution in [0.2, 0.25) is 4.34 Å². The number of carboxylic acid groups (broad SMARTS) is 1. The Bertz CT molecular complexity index is 1260. The van der Waals surface area contributed by atoms with Gasteiger partial charge in [0, 0.05) is 0 Å². The smallest absolute Gasteiger partial charge is 0.335 e. The molecule has 1 saturated heterocycles. The van der Waals surface area contributed by atoms with E-state index in [2.05, 4.69) is 39.9 Å². The normalized spacial score (nSPS) is 14.5. The van der Waals surface area contributed by atoms with Crippen LogP contribution in [0.4, 0.5) is 0 Å². The van der Waals surface area contributed by atoms with Crippen molar-refractivity contribution in [2.24, 2.45) is 0 Å². The zero-order valence-corrected chi connectivity index (χ0v) is 18.7. The van der Waals surface area contributed by atoms with Crippen molar-refractivity contribution < 1.29 is 9.90 Å². The molecule has 0 aliphatic carbocycles. The third-order valence-electron chi connectivity index (χ3n) is 5.80. The molecular formula is C24H21ClN4O2S. The van der Waals surface area contributed by atoms with Gasteiger partial charge in [-0.1, -0.05) is 41.1 Å². The molecule has 0 radical (unpaired) electrons. The van der Waals surface area contributed by atoms with Crippen LogP contribution >= 0.6 is 22.9 Å². The number of thiophene rings is 1. The average Bonchev–Trinajstić information content (AvgIpc) is 3.49. The number of nitrogens with one attached hydrogen (secondary N) is 1. The molecule has 0 unspecified atom stereocenters. The molecule has 0 saturated carbocycles. The molecule has 162 valence electrons. The van der Waals surface area contributed by atoms with Crippen LogP contribution in [0.5, 0.6) is 0 Å². The van der Waals surface area contributed by atoms with Crippen molar-refractivity contribution in [1.82, 2.24) is 20.3 Å². The summed E-state index contributed by atoms with van der Waals surface area (Å²) in [5, 5.41) is 21.5. The van der Waals surface area contributed by atoms with Crippen molar-refractivity contribution in [2.45, 2.75) is 18.8 Å². The van der Waals surface area contributed by atoms with E-state index in [1.807, 2.05) is 18.2 Å². The van der Waals surface area contributed by atoms with Gasteiger partial charge in [0.05, 0.1) is 26.7 Å². The zero-order chi connectivity index (χ0) is 22.1. The second kappa shape index (κ2) is 8.86. The van der Waals surface area contributed by atoms with Crippen molar-refractivity contribution in [3.05, 3.63) is 76.3 Å². The first kappa shape index (κ1) is 20.9. The van der Waals surface area contributed by atoms with Crippen LogP contribution in [0.15, 0.2) is 60.8 Å². The van der Waals surface area contributed by atoms with Gasteiger partial charge in [-0.2, -0.15) is 0 Å². The summed E-state index contributed by atoms with van der Waals surface area (Å²) in [5.41, 5.74) is 4.67. The Kier molecular flexibility index (Phi) is 5.78. The third kappa shape index (κ3) is 4.32. The van der Waals surface area contributed by atoms with Gasteiger partial charge in [-0.25, -0.2) is 9.48 Å². The topological polar surface area (TPSA) is 80.0 Å². The molecule has 5 rings (SSSR count). The van der Waals surface area contributed by atoms with E-state index in [0.29, 0.717) is 21.6 Å². The van der Waals surface area contributed by atoms with Gasteiger partial charge in [-0.15, -0.1) is 16.4 Å². The van der Waals surface area contributed by atoms with Gasteiger partial charge in [0.2, 0.25) is 0 Å². The Labute approximate surface area is 194 Å². The van der Waals surface area contributed by atoms with Crippen LogP contribution < -0.4 is 5.32 Å². The molecule has 2 aromatic heterocycles. The minimum absolute atomic E-state index is 0.205. The van der Waals surface area contributed by atoms with E-state index in [0.717, 1.165) is 41.9 Å². The van der Waals surface area contributed by atoms with Gasteiger partial charge < -0.3 is 10.4 Å². The van der Waals surface area contributed by atoms with Crippen molar-refractivity contribution in [1.29, 1.82) is 0 Å². The summed E-state index contributed by atoms with van der Waals surface area (Å²) in [6, 6.07) is 17.4. The fraction of sp³-hybridized carbons (Fsp3) is 0.208. The molecule has 1 aliphatic rings. The van der Waals surface area contributed by atoms with Gasteiger partial charge in [-0.05, 0) is 78.9 Å². The van der Waals surface area contributed by atoms with Gasteiger partial charge in [0.1, 0.15) is 5.69 Å².